The van der Waals surface area contributed by atoms with Gasteiger partial charge in [0.15, 0.2) is 17.5 Å². The first-order chi connectivity index (χ1) is 28.1. The van der Waals surface area contributed by atoms with Crippen LogP contribution in [0.3, 0.4) is 0 Å². The monoisotopic (exact) mass is 648 g/mol. The zero-order chi connectivity index (χ0) is 40.0. The first-order valence-electron chi connectivity index (χ1n) is 20.1. The number of hydrogen-bond acceptors (Lipinski definition) is 4. The Morgan fingerprint density at radius 3 is 1.72 bits per heavy atom. The summed E-state index contributed by atoms with van der Waals surface area (Å²) in [5.74, 6) is 1.01. The predicted molar refractivity (Wildman–Crippen MR) is 203 cm³/mol. The maximum atomic E-state index is 9.28. The Kier molecular flexibility index (Phi) is 4.83. The molecule has 3 aromatic heterocycles. The molecule has 3 heterocycles. The van der Waals surface area contributed by atoms with Gasteiger partial charge in [-0.2, -0.15) is 0 Å². The Hall–Kier alpha value is -6.85. The van der Waals surface area contributed by atoms with E-state index in [4.69, 9.17) is 27.6 Å². The lowest BCUT2D eigenvalue weighted by Gasteiger charge is -2.16. The van der Waals surface area contributed by atoms with E-state index in [1.54, 1.807) is 0 Å². The van der Waals surface area contributed by atoms with Crippen molar-refractivity contribution in [2.24, 2.45) is 0 Å². The van der Waals surface area contributed by atoms with Crippen LogP contribution in [0.25, 0.3) is 94.7 Å². The summed E-state index contributed by atoms with van der Waals surface area (Å²) in [5.41, 5.74) is 5.08. The number of para-hydroxylation sites is 3. The minimum absolute atomic E-state index is 0.0148. The van der Waals surface area contributed by atoms with E-state index >= 15 is 0 Å². The van der Waals surface area contributed by atoms with Crippen molar-refractivity contribution in [2.75, 3.05) is 0 Å². The van der Waals surface area contributed by atoms with Crippen LogP contribution in [-0.2, 0) is 0 Å². The second-order valence-electron chi connectivity index (χ2n) is 11.8. The van der Waals surface area contributed by atoms with Crippen LogP contribution in [0.2, 0.25) is 0 Å². The molecule has 0 unspecified atom stereocenters. The van der Waals surface area contributed by atoms with Crippen LogP contribution in [0.15, 0.2) is 174 Å². The van der Waals surface area contributed by atoms with E-state index < -0.39 is 48.3 Å². The van der Waals surface area contributed by atoms with Crippen LogP contribution >= 0.6 is 0 Å². The highest BCUT2D eigenvalue weighted by Gasteiger charge is 2.21. The SMILES string of the molecule is [2H]c1c([2H])c([2H])c2c(c1[2H])c1c([2H])c([2H])c([2H])c([2H])c1n2-c1cc(-c2cccc3oc4ccccc4c23)ccc1-c1nc(-c2ccccc2)nc(-c2ccccc2)n1. The van der Waals surface area contributed by atoms with Gasteiger partial charge in [0.05, 0.1) is 27.7 Å². The topological polar surface area (TPSA) is 56.7 Å². The van der Waals surface area contributed by atoms with Gasteiger partial charge in [0.2, 0.25) is 0 Å². The number of hydrogen-bond donors (Lipinski definition) is 0. The second-order valence-corrected chi connectivity index (χ2v) is 11.8. The molecule has 7 aromatic carbocycles. The fourth-order valence-corrected chi connectivity index (χ4v) is 6.68. The van der Waals surface area contributed by atoms with Gasteiger partial charge >= 0.3 is 0 Å². The third-order valence-electron chi connectivity index (χ3n) is 8.93. The number of fused-ring (bicyclic) bond motifs is 6. The van der Waals surface area contributed by atoms with E-state index in [1.807, 2.05) is 121 Å². The van der Waals surface area contributed by atoms with Gasteiger partial charge in [-0.3, -0.25) is 0 Å². The predicted octanol–water partition coefficient (Wildman–Crippen LogP) is 11.5. The molecule has 0 aliphatic heterocycles. The average Bonchev–Trinajstić information content (AvgIpc) is 3.83. The summed E-state index contributed by atoms with van der Waals surface area (Å²) in [7, 11) is 0. The molecule has 0 aliphatic carbocycles. The van der Waals surface area contributed by atoms with Gasteiger partial charge < -0.3 is 8.98 Å². The molecule has 5 heteroatoms. The molecule has 0 radical (unpaired) electrons. The molecule has 50 heavy (non-hydrogen) atoms. The molecule has 0 spiro atoms. The van der Waals surface area contributed by atoms with Crippen LogP contribution in [0.5, 0.6) is 0 Å². The Balaban J connectivity index is 1.39. The lowest BCUT2D eigenvalue weighted by Crippen LogP contribution is -2.04. The molecule has 0 saturated heterocycles. The third kappa shape index (κ3) is 4.52. The van der Waals surface area contributed by atoms with Crippen LogP contribution in [-0.4, -0.2) is 19.5 Å². The van der Waals surface area contributed by atoms with E-state index in [2.05, 4.69) is 0 Å². The molecule has 5 nitrogen and oxygen atoms in total. The highest BCUT2D eigenvalue weighted by Crippen LogP contribution is 2.41. The third-order valence-corrected chi connectivity index (χ3v) is 8.93. The first kappa shape index (κ1) is 21.2. The largest absolute Gasteiger partial charge is 0.456 e. The molecular weight excluding hydrogens is 613 g/mol. The van der Waals surface area contributed by atoms with Gasteiger partial charge in [-0.25, -0.2) is 15.0 Å². The van der Waals surface area contributed by atoms with E-state index in [1.165, 1.54) is 4.57 Å². The molecule has 0 N–H and O–H groups in total. The first-order valence-corrected chi connectivity index (χ1v) is 16.1. The number of aromatic nitrogens is 4. The summed E-state index contributed by atoms with van der Waals surface area (Å²) in [6.45, 7) is 0. The van der Waals surface area contributed by atoms with Crippen LogP contribution < -0.4 is 0 Å². The van der Waals surface area contributed by atoms with Crippen LogP contribution in [0.1, 0.15) is 11.0 Å². The Labute approximate surface area is 299 Å². The maximum absolute atomic E-state index is 9.28. The molecule has 0 amide bonds. The van der Waals surface area contributed by atoms with Crippen molar-refractivity contribution in [2.45, 2.75) is 0 Å². The molecule has 0 aliphatic rings. The summed E-state index contributed by atoms with van der Waals surface area (Å²) in [4.78, 5) is 14.9. The number of rotatable bonds is 5. The van der Waals surface area contributed by atoms with Crippen molar-refractivity contribution in [1.29, 1.82) is 0 Å². The summed E-state index contributed by atoms with van der Waals surface area (Å²) < 4.78 is 79.2. The fraction of sp³-hybridized carbons (Fsp3) is 0. The normalized spacial score (nSPS) is 13.8. The molecule has 0 atom stereocenters. The fourth-order valence-electron chi connectivity index (χ4n) is 6.68. The molecule has 234 valence electrons. The smallest absolute Gasteiger partial charge is 0.166 e. The molecule has 0 bridgehead atoms. The summed E-state index contributed by atoms with van der Waals surface area (Å²) in [6, 6.07) is 34.3. The summed E-state index contributed by atoms with van der Waals surface area (Å²) >= 11 is 0. The van der Waals surface area contributed by atoms with Gasteiger partial charge in [-0.15, -0.1) is 0 Å². The Morgan fingerprint density at radius 2 is 1.04 bits per heavy atom. The van der Waals surface area contributed by atoms with Crippen LogP contribution in [0.4, 0.5) is 0 Å². The van der Waals surface area contributed by atoms with Crippen molar-refractivity contribution < 1.29 is 15.4 Å². The number of nitrogens with zero attached hydrogens (tertiary/aromatic N) is 4. The Bertz CT molecular complexity index is 3200. The minimum atomic E-state index is -0.520. The maximum Gasteiger partial charge on any atom is 0.166 e. The van der Waals surface area contributed by atoms with Crippen molar-refractivity contribution in [3.63, 3.8) is 0 Å². The summed E-state index contributed by atoms with van der Waals surface area (Å²) in [6.07, 6.45) is 0. The highest BCUT2D eigenvalue weighted by molar-refractivity contribution is 6.13. The average molecular weight is 649 g/mol. The quantitative estimate of drug-likeness (QED) is 0.186. The molecule has 10 aromatic rings. The van der Waals surface area contributed by atoms with Crippen molar-refractivity contribution in [3.05, 3.63) is 170 Å². The zero-order valence-corrected chi connectivity index (χ0v) is 26.2. The zero-order valence-electron chi connectivity index (χ0n) is 34.2. The van der Waals surface area contributed by atoms with E-state index in [9.17, 15) is 2.74 Å². The standard InChI is InChI=1S/C45H28N4O/c1-3-14-29(15-4-1)43-46-44(30-16-5-2-6-17-30)48-45(47-43)35-27-26-31(32-21-13-25-41-42(32)36-20-9-12-24-40(36)50-41)28-39(35)49-37-22-10-7-18-33(37)34-19-8-11-23-38(34)49/h1-28H/i7D,8D,10D,11D,18D,19D,22D,23D. The van der Waals surface area contributed by atoms with Gasteiger partial charge in [0, 0.05) is 38.2 Å². The molecular formula is C45H28N4O. The van der Waals surface area contributed by atoms with Crippen molar-refractivity contribution >= 4 is 43.7 Å². The molecule has 0 saturated carbocycles. The van der Waals surface area contributed by atoms with Gasteiger partial charge in [-0.05, 0) is 47.5 Å². The highest BCUT2D eigenvalue weighted by atomic mass is 16.3. The second kappa shape index (κ2) is 11.4. The molecule has 10 rings (SSSR count). The van der Waals surface area contributed by atoms with Gasteiger partial charge in [0.25, 0.3) is 0 Å². The lowest BCUT2D eigenvalue weighted by atomic mass is 9.97. The van der Waals surface area contributed by atoms with E-state index in [0.717, 1.165) is 27.5 Å². The Morgan fingerprint density at radius 1 is 0.460 bits per heavy atom. The lowest BCUT2D eigenvalue weighted by molar-refractivity contribution is 0.669. The van der Waals surface area contributed by atoms with Crippen LogP contribution in [0, 0.1) is 0 Å². The van der Waals surface area contributed by atoms with Gasteiger partial charge in [0.1, 0.15) is 11.2 Å². The van der Waals surface area contributed by atoms with E-state index in [0.29, 0.717) is 39.6 Å². The van der Waals surface area contributed by atoms with Crippen molar-refractivity contribution in [3.8, 4) is 51.0 Å². The minimum Gasteiger partial charge on any atom is -0.456 e. The van der Waals surface area contributed by atoms with Crippen molar-refractivity contribution in [1.82, 2.24) is 19.5 Å². The number of benzene rings is 7. The number of furan rings is 1. The molecule has 0 fully saturated rings. The summed E-state index contributed by atoms with van der Waals surface area (Å²) in [5, 5.41) is 1.70. The van der Waals surface area contributed by atoms with Gasteiger partial charge in [-0.1, -0.05) is 133 Å². The van der Waals surface area contributed by atoms with E-state index in [-0.39, 0.29) is 27.6 Å².